The lowest BCUT2D eigenvalue weighted by atomic mass is 9.73. The van der Waals surface area contributed by atoms with E-state index in [0.717, 1.165) is 18.9 Å². The van der Waals surface area contributed by atoms with Crippen molar-refractivity contribution in [2.45, 2.75) is 62.4 Å². The molecular formula is C17H22F3NO. The maximum Gasteiger partial charge on any atom is 0.416 e. The van der Waals surface area contributed by atoms with Gasteiger partial charge in [-0.25, -0.2) is 0 Å². The molecule has 2 nitrogen and oxygen atoms in total. The molecule has 2 unspecified atom stereocenters. The van der Waals surface area contributed by atoms with Crippen LogP contribution in [0.5, 0.6) is 0 Å². The summed E-state index contributed by atoms with van der Waals surface area (Å²) in [6, 6.07) is 6.06. The van der Waals surface area contributed by atoms with Crippen molar-refractivity contribution < 1.29 is 18.3 Å². The van der Waals surface area contributed by atoms with E-state index in [1.807, 2.05) is 0 Å². The molecular weight excluding hydrogens is 291 g/mol. The SMILES string of the molecule is CN1C2CCCC1CC(O)(Cc1cccc(C(F)(F)F)c1)C2. The Kier molecular flexibility index (Phi) is 3.98. The quantitative estimate of drug-likeness (QED) is 0.901. The summed E-state index contributed by atoms with van der Waals surface area (Å²) in [5.41, 5.74) is -0.950. The van der Waals surface area contributed by atoms with Gasteiger partial charge in [-0.2, -0.15) is 13.2 Å². The zero-order valence-electron chi connectivity index (χ0n) is 12.7. The fourth-order valence-corrected chi connectivity index (χ4v) is 4.13. The Hall–Kier alpha value is -1.07. The molecule has 22 heavy (non-hydrogen) atoms. The Morgan fingerprint density at radius 1 is 1.23 bits per heavy atom. The summed E-state index contributed by atoms with van der Waals surface area (Å²) in [5, 5.41) is 10.9. The molecule has 122 valence electrons. The van der Waals surface area contributed by atoms with Crippen LogP contribution in [0, 0.1) is 0 Å². The van der Waals surface area contributed by atoms with Gasteiger partial charge in [-0.05, 0) is 44.4 Å². The molecule has 0 spiro atoms. The monoisotopic (exact) mass is 313 g/mol. The summed E-state index contributed by atoms with van der Waals surface area (Å²) in [6.07, 6.45) is 0.585. The first-order valence-corrected chi connectivity index (χ1v) is 7.87. The van der Waals surface area contributed by atoms with E-state index in [2.05, 4.69) is 11.9 Å². The molecule has 2 bridgehead atoms. The average molecular weight is 313 g/mol. The van der Waals surface area contributed by atoms with Gasteiger partial charge in [0.2, 0.25) is 0 Å². The number of hydrogen-bond donors (Lipinski definition) is 1. The van der Waals surface area contributed by atoms with Gasteiger partial charge in [0.05, 0.1) is 11.2 Å². The van der Waals surface area contributed by atoms with Gasteiger partial charge in [0.15, 0.2) is 0 Å². The topological polar surface area (TPSA) is 23.5 Å². The molecule has 0 aromatic heterocycles. The minimum absolute atomic E-state index is 0.303. The molecule has 0 aliphatic carbocycles. The molecule has 5 heteroatoms. The summed E-state index contributed by atoms with van der Waals surface area (Å²) >= 11 is 0. The van der Waals surface area contributed by atoms with Gasteiger partial charge in [-0.15, -0.1) is 0 Å². The van der Waals surface area contributed by atoms with Gasteiger partial charge in [0.1, 0.15) is 0 Å². The second kappa shape index (κ2) is 5.53. The summed E-state index contributed by atoms with van der Waals surface area (Å²) in [4.78, 5) is 2.34. The van der Waals surface area contributed by atoms with Crippen LogP contribution in [0.25, 0.3) is 0 Å². The van der Waals surface area contributed by atoms with Crippen LogP contribution in [0.4, 0.5) is 13.2 Å². The second-order valence-corrected chi connectivity index (χ2v) is 6.91. The maximum absolute atomic E-state index is 12.8. The van der Waals surface area contributed by atoms with E-state index >= 15 is 0 Å². The molecule has 0 radical (unpaired) electrons. The first kappa shape index (κ1) is 15.8. The molecule has 1 aromatic rings. The van der Waals surface area contributed by atoms with Gasteiger partial charge in [-0.1, -0.05) is 24.6 Å². The Balaban J connectivity index is 1.78. The number of hydrogen-bond acceptors (Lipinski definition) is 2. The minimum atomic E-state index is -4.33. The molecule has 2 fully saturated rings. The summed E-state index contributed by atoms with van der Waals surface area (Å²) in [7, 11) is 2.10. The van der Waals surface area contributed by atoms with Crippen molar-refractivity contribution >= 4 is 0 Å². The van der Waals surface area contributed by atoms with Crippen molar-refractivity contribution in [3.8, 4) is 0 Å². The zero-order valence-corrected chi connectivity index (χ0v) is 12.7. The van der Waals surface area contributed by atoms with E-state index in [4.69, 9.17) is 0 Å². The number of halogens is 3. The maximum atomic E-state index is 12.8. The van der Waals surface area contributed by atoms with Crippen molar-refractivity contribution in [1.29, 1.82) is 0 Å². The van der Waals surface area contributed by atoms with Crippen LogP contribution < -0.4 is 0 Å². The second-order valence-electron chi connectivity index (χ2n) is 6.91. The third-order valence-electron chi connectivity index (χ3n) is 5.25. The Labute approximate surface area is 128 Å². The normalized spacial score (nSPS) is 33.0. The van der Waals surface area contributed by atoms with Crippen LogP contribution in [0.1, 0.15) is 43.2 Å². The molecule has 2 atom stereocenters. The third kappa shape index (κ3) is 3.15. The fraction of sp³-hybridized carbons (Fsp3) is 0.647. The third-order valence-corrected chi connectivity index (χ3v) is 5.25. The van der Waals surface area contributed by atoms with Crippen molar-refractivity contribution in [2.24, 2.45) is 0 Å². The van der Waals surface area contributed by atoms with Crippen LogP contribution in [0.2, 0.25) is 0 Å². The number of benzene rings is 1. The first-order valence-electron chi connectivity index (χ1n) is 7.87. The van der Waals surface area contributed by atoms with Gasteiger partial charge < -0.3 is 10.0 Å². The Morgan fingerprint density at radius 2 is 1.86 bits per heavy atom. The highest BCUT2D eigenvalue weighted by molar-refractivity contribution is 5.27. The largest absolute Gasteiger partial charge is 0.416 e. The number of aliphatic hydroxyl groups is 1. The number of alkyl halides is 3. The molecule has 0 saturated carbocycles. The van der Waals surface area contributed by atoms with Crippen molar-refractivity contribution in [3.63, 3.8) is 0 Å². The summed E-state index contributed by atoms with van der Waals surface area (Å²) < 4.78 is 38.4. The van der Waals surface area contributed by atoms with Crippen molar-refractivity contribution in [1.82, 2.24) is 4.90 Å². The fourth-order valence-electron chi connectivity index (χ4n) is 4.13. The first-order chi connectivity index (χ1) is 10.3. The van der Waals surface area contributed by atoms with Gasteiger partial charge in [0.25, 0.3) is 0 Å². The van der Waals surface area contributed by atoms with Crippen molar-refractivity contribution in [3.05, 3.63) is 35.4 Å². The lowest BCUT2D eigenvalue weighted by molar-refractivity contribution is -0.137. The standard InChI is InChI=1S/C17H22F3NO/c1-21-14-6-3-7-15(21)11-16(22,10-14)9-12-4-2-5-13(8-12)17(18,19)20/h2,4-5,8,14-15,22H,3,6-7,9-11H2,1H3. The highest BCUT2D eigenvalue weighted by Gasteiger charge is 2.44. The molecule has 0 amide bonds. The van der Waals surface area contributed by atoms with Gasteiger partial charge in [0, 0.05) is 18.5 Å². The van der Waals surface area contributed by atoms with Crippen LogP contribution >= 0.6 is 0 Å². The van der Waals surface area contributed by atoms with Crippen LogP contribution in [-0.4, -0.2) is 34.7 Å². The predicted molar refractivity (Wildman–Crippen MR) is 78.5 cm³/mol. The number of piperidine rings is 2. The average Bonchev–Trinajstić information content (AvgIpc) is 2.40. The zero-order chi connectivity index (χ0) is 16.0. The summed E-state index contributed by atoms with van der Waals surface area (Å²) in [5.74, 6) is 0. The molecule has 2 heterocycles. The van der Waals surface area contributed by atoms with E-state index in [1.54, 1.807) is 6.07 Å². The molecule has 2 aliphatic heterocycles. The van der Waals surface area contributed by atoms with E-state index in [1.165, 1.54) is 18.6 Å². The molecule has 3 rings (SSSR count). The van der Waals surface area contributed by atoms with Gasteiger partial charge >= 0.3 is 6.18 Å². The molecule has 1 N–H and O–H groups in total. The van der Waals surface area contributed by atoms with E-state index in [-0.39, 0.29) is 0 Å². The minimum Gasteiger partial charge on any atom is -0.389 e. The lowest BCUT2D eigenvalue weighted by Gasteiger charge is -2.50. The lowest BCUT2D eigenvalue weighted by Crippen LogP contribution is -2.57. The highest BCUT2D eigenvalue weighted by Crippen LogP contribution is 2.40. The van der Waals surface area contributed by atoms with E-state index in [9.17, 15) is 18.3 Å². The predicted octanol–water partition coefficient (Wildman–Crippen LogP) is 3.63. The van der Waals surface area contributed by atoms with Crippen LogP contribution in [0.3, 0.4) is 0 Å². The molecule has 2 aliphatic rings. The molecule has 1 aromatic carbocycles. The number of fused-ring (bicyclic) bond motifs is 2. The number of nitrogens with zero attached hydrogens (tertiary/aromatic N) is 1. The van der Waals surface area contributed by atoms with Crippen LogP contribution in [-0.2, 0) is 12.6 Å². The number of rotatable bonds is 2. The summed E-state index contributed by atoms with van der Waals surface area (Å²) in [6.45, 7) is 0. The van der Waals surface area contributed by atoms with Crippen LogP contribution in [0.15, 0.2) is 24.3 Å². The van der Waals surface area contributed by atoms with Gasteiger partial charge in [-0.3, -0.25) is 0 Å². The smallest absolute Gasteiger partial charge is 0.389 e. The van der Waals surface area contributed by atoms with Crippen molar-refractivity contribution in [2.75, 3.05) is 7.05 Å². The highest BCUT2D eigenvalue weighted by atomic mass is 19.4. The van der Waals surface area contributed by atoms with E-state index < -0.39 is 17.3 Å². The Morgan fingerprint density at radius 3 is 2.45 bits per heavy atom. The van der Waals surface area contributed by atoms with E-state index in [0.29, 0.717) is 36.9 Å². The molecule has 2 saturated heterocycles. The Bertz CT molecular complexity index is 529.